The van der Waals surface area contributed by atoms with E-state index in [9.17, 15) is 14.4 Å². The molecule has 12 nitrogen and oxygen atoms in total. The summed E-state index contributed by atoms with van der Waals surface area (Å²) in [7, 11) is 0. The lowest BCUT2D eigenvalue weighted by molar-refractivity contribution is -0.134. The van der Waals surface area contributed by atoms with E-state index in [-0.39, 0.29) is 29.5 Å². The van der Waals surface area contributed by atoms with Crippen molar-refractivity contribution in [1.82, 2.24) is 25.6 Å². The quantitative estimate of drug-likeness (QED) is 0.160. The van der Waals surface area contributed by atoms with E-state index in [2.05, 4.69) is 54.8 Å². The van der Waals surface area contributed by atoms with E-state index in [0.29, 0.717) is 47.7 Å². The summed E-state index contributed by atoms with van der Waals surface area (Å²) in [5.41, 5.74) is 15.1. The monoisotopic (exact) mass is 666 g/mol. The van der Waals surface area contributed by atoms with E-state index in [1.54, 1.807) is 12.2 Å². The standard InChI is InChI=1S/C37H46N8O4/c38-29(37(48)40-22-5-2-1-3-6-22)11-13-32(39)45-20-27-26(28(27)21-45)19-43-15-17-44(18-16-43)30-8-4-7-24-23(30)9-12-31-34(24)35(42-49-31)25-10-14-33(46)41-36(25)47/h4,7-9,11-13,22,25-28H,1-3,5-6,10,14-21,38-39H2,(H,40,48)(H,41,46,47)/b29-11-,32-13+. The maximum Gasteiger partial charge on any atom is 0.267 e. The van der Waals surface area contributed by atoms with Crippen LogP contribution >= 0.6 is 0 Å². The Morgan fingerprint density at radius 3 is 2.49 bits per heavy atom. The highest BCUT2D eigenvalue weighted by molar-refractivity contribution is 6.13. The van der Waals surface area contributed by atoms with E-state index in [4.69, 9.17) is 16.0 Å². The first kappa shape index (κ1) is 31.7. The number of nitrogens with zero attached hydrogens (tertiary/aromatic N) is 4. The molecule has 2 saturated carbocycles. The number of rotatable bonds is 8. The third-order valence-corrected chi connectivity index (χ3v) is 11.6. The largest absolute Gasteiger partial charge is 0.394 e. The normalized spacial score (nSPS) is 27.1. The summed E-state index contributed by atoms with van der Waals surface area (Å²) in [6, 6.07) is 10.6. The Bertz CT molecular complexity index is 1820. The molecule has 4 heterocycles. The van der Waals surface area contributed by atoms with Crippen LogP contribution in [0.4, 0.5) is 5.69 Å². The van der Waals surface area contributed by atoms with Gasteiger partial charge in [0, 0.05) is 69.3 Å². The van der Waals surface area contributed by atoms with Crippen molar-refractivity contribution in [3.63, 3.8) is 0 Å². The van der Waals surface area contributed by atoms with Gasteiger partial charge in [0.05, 0.1) is 22.8 Å². The molecule has 3 aliphatic heterocycles. The van der Waals surface area contributed by atoms with E-state index < -0.39 is 5.92 Å². The molecule has 5 aliphatic rings. The van der Waals surface area contributed by atoms with Gasteiger partial charge in [0.15, 0.2) is 5.58 Å². The molecule has 258 valence electrons. The minimum absolute atomic E-state index is 0.202. The van der Waals surface area contributed by atoms with Crippen molar-refractivity contribution in [2.75, 3.05) is 50.7 Å². The highest BCUT2D eigenvalue weighted by Gasteiger charge is 2.56. The SMILES string of the molecule is N/C(=C\C=C(/N)N1CC2C(CN3CCN(c4cccc5c4ccc4onc(C6CCC(=O)NC6=O)c45)CC3)C2C1)C(=O)NC1CCCCC1. The van der Waals surface area contributed by atoms with Crippen LogP contribution in [-0.2, 0) is 14.4 Å². The Kier molecular flexibility index (Phi) is 8.43. The molecular formula is C37H46N8O4. The van der Waals surface area contributed by atoms with Crippen molar-refractivity contribution >= 4 is 45.2 Å². The number of carbonyl (C=O) groups excluding carboxylic acids is 3. The van der Waals surface area contributed by atoms with Gasteiger partial charge in [0.25, 0.3) is 5.91 Å². The van der Waals surface area contributed by atoms with Crippen molar-refractivity contribution in [1.29, 1.82) is 0 Å². The fourth-order valence-electron chi connectivity index (χ4n) is 8.75. The molecule has 12 heteroatoms. The molecule has 3 unspecified atom stereocenters. The summed E-state index contributed by atoms with van der Waals surface area (Å²) >= 11 is 0. The fraction of sp³-hybridized carbons (Fsp3) is 0.514. The molecule has 3 saturated heterocycles. The molecule has 0 bridgehead atoms. The molecule has 2 aromatic carbocycles. The number of hydrogen-bond donors (Lipinski definition) is 4. The Hall–Kier alpha value is -4.58. The van der Waals surface area contributed by atoms with Gasteiger partial charge < -0.3 is 31.1 Å². The van der Waals surface area contributed by atoms with Crippen LogP contribution in [0.25, 0.3) is 21.7 Å². The summed E-state index contributed by atoms with van der Waals surface area (Å²) in [6.07, 6.45) is 9.78. The van der Waals surface area contributed by atoms with Crippen LogP contribution < -0.4 is 27.0 Å². The number of piperazine rings is 1. The van der Waals surface area contributed by atoms with Crippen molar-refractivity contribution < 1.29 is 18.9 Å². The summed E-state index contributed by atoms with van der Waals surface area (Å²) in [6.45, 7) is 6.90. The van der Waals surface area contributed by atoms with Crippen molar-refractivity contribution in [3.8, 4) is 0 Å². The second kappa shape index (κ2) is 13.0. The topological polar surface area (TPSA) is 163 Å². The van der Waals surface area contributed by atoms with Gasteiger partial charge in [-0.15, -0.1) is 0 Å². The van der Waals surface area contributed by atoms with Gasteiger partial charge in [0.1, 0.15) is 5.69 Å². The molecule has 3 atom stereocenters. The molecule has 3 amide bonds. The van der Waals surface area contributed by atoms with Gasteiger partial charge in [-0.2, -0.15) is 0 Å². The number of imide groups is 1. The van der Waals surface area contributed by atoms with E-state index in [0.717, 1.165) is 87.7 Å². The number of anilines is 1. The number of hydrogen-bond acceptors (Lipinski definition) is 10. The summed E-state index contributed by atoms with van der Waals surface area (Å²) in [5.74, 6) is 1.43. The zero-order chi connectivity index (χ0) is 33.6. The van der Waals surface area contributed by atoms with Crippen molar-refractivity contribution in [2.45, 2.75) is 56.9 Å². The lowest BCUT2D eigenvalue weighted by Crippen LogP contribution is -2.47. The first-order valence-electron chi connectivity index (χ1n) is 17.9. The number of allylic oxidation sites excluding steroid dienone is 2. The zero-order valence-corrected chi connectivity index (χ0v) is 27.9. The lowest BCUT2D eigenvalue weighted by Gasteiger charge is -2.37. The van der Waals surface area contributed by atoms with Crippen LogP contribution in [-0.4, -0.2) is 84.5 Å². The number of piperidine rings is 2. The smallest absolute Gasteiger partial charge is 0.267 e. The van der Waals surface area contributed by atoms with E-state index >= 15 is 0 Å². The second-order valence-electron chi connectivity index (χ2n) is 14.6. The number of nitrogens with two attached hydrogens (primary N) is 2. The number of likely N-dealkylation sites (tertiary alicyclic amines) is 1. The second-order valence-corrected chi connectivity index (χ2v) is 14.6. The number of amides is 3. The highest BCUT2D eigenvalue weighted by atomic mass is 16.5. The lowest BCUT2D eigenvalue weighted by atomic mass is 9.91. The number of nitrogens with one attached hydrogen (secondary N) is 2. The summed E-state index contributed by atoms with van der Waals surface area (Å²) in [4.78, 5) is 44.2. The third kappa shape index (κ3) is 6.22. The maximum absolute atomic E-state index is 12.7. The summed E-state index contributed by atoms with van der Waals surface area (Å²) < 4.78 is 5.66. The van der Waals surface area contributed by atoms with Gasteiger partial charge in [-0.1, -0.05) is 36.6 Å². The van der Waals surface area contributed by atoms with Gasteiger partial charge in [-0.05, 0) is 72.8 Å². The molecular weight excluding hydrogens is 620 g/mol. The van der Waals surface area contributed by atoms with Crippen molar-refractivity contribution in [2.24, 2.45) is 29.2 Å². The molecule has 5 fully saturated rings. The predicted octanol–water partition coefficient (Wildman–Crippen LogP) is 2.89. The van der Waals surface area contributed by atoms with Crippen LogP contribution in [0.1, 0.15) is 56.6 Å². The number of carbonyl (C=O) groups is 3. The minimum atomic E-state index is -0.502. The Balaban J connectivity index is 0.853. The number of fused-ring (bicyclic) bond motifs is 4. The summed E-state index contributed by atoms with van der Waals surface area (Å²) in [5, 5.41) is 12.8. The third-order valence-electron chi connectivity index (χ3n) is 11.6. The van der Waals surface area contributed by atoms with Crippen LogP contribution in [0.15, 0.2) is 58.5 Å². The molecule has 1 aromatic heterocycles. The first-order valence-corrected chi connectivity index (χ1v) is 17.9. The Labute approximate surface area is 285 Å². The molecule has 0 spiro atoms. The van der Waals surface area contributed by atoms with Crippen LogP contribution in [0.5, 0.6) is 0 Å². The number of aromatic nitrogens is 1. The fourth-order valence-corrected chi connectivity index (χ4v) is 8.75. The minimum Gasteiger partial charge on any atom is -0.394 e. The number of benzene rings is 2. The maximum atomic E-state index is 12.7. The van der Waals surface area contributed by atoms with Crippen LogP contribution in [0.2, 0.25) is 0 Å². The Morgan fingerprint density at radius 2 is 1.73 bits per heavy atom. The van der Waals surface area contributed by atoms with Gasteiger partial charge >= 0.3 is 0 Å². The van der Waals surface area contributed by atoms with Crippen molar-refractivity contribution in [3.05, 3.63) is 59.7 Å². The molecule has 2 aliphatic carbocycles. The van der Waals surface area contributed by atoms with Gasteiger partial charge in [-0.3, -0.25) is 24.6 Å². The molecule has 3 aromatic rings. The van der Waals surface area contributed by atoms with E-state index in [1.165, 1.54) is 12.1 Å². The molecule has 8 rings (SSSR count). The Morgan fingerprint density at radius 1 is 0.959 bits per heavy atom. The van der Waals surface area contributed by atoms with Crippen LogP contribution in [0.3, 0.4) is 0 Å². The average Bonchev–Trinajstić information content (AvgIpc) is 3.42. The zero-order valence-electron chi connectivity index (χ0n) is 27.9. The van der Waals surface area contributed by atoms with E-state index in [1.807, 2.05) is 6.07 Å². The first-order chi connectivity index (χ1) is 23.8. The van der Waals surface area contributed by atoms with Gasteiger partial charge in [-0.25, -0.2) is 0 Å². The van der Waals surface area contributed by atoms with Crippen LogP contribution in [0, 0.1) is 17.8 Å². The average molecular weight is 667 g/mol. The molecule has 0 radical (unpaired) electrons. The van der Waals surface area contributed by atoms with Gasteiger partial charge in [0.2, 0.25) is 11.8 Å². The highest BCUT2D eigenvalue weighted by Crippen LogP contribution is 2.52. The predicted molar refractivity (Wildman–Crippen MR) is 187 cm³/mol. The molecule has 49 heavy (non-hydrogen) atoms. The molecule has 6 N–H and O–H groups in total.